The number of nitrogens with zero attached hydrogens (tertiary/aromatic N) is 2. The molecule has 2 rings (SSSR count). The molecule has 112 valence electrons. The Morgan fingerprint density at radius 1 is 1.35 bits per heavy atom. The summed E-state index contributed by atoms with van der Waals surface area (Å²) in [5, 5.41) is 0.644. The predicted octanol–water partition coefficient (Wildman–Crippen LogP) is 3.17. The van der Waals surface area contributed by atoms with Crippen LogP contribution in [0.25, 0.3) is 0 Å². The summed E-state index contributed by atoms with van der Waals surface area (Å²) in [5.74, 6) is 2.27. The lowest BCUT2D eigenvalue weighted by Crippen LogP contribution is -2.45. The summed E-state index contributed by atoms with van der Waals surface area (Å²) in [7, 11) is 0. The Morgan fingerprint density at radius 3 is 2.65 bits per heavy atom. The average molecular weight is 293 g/mol. The lowest BCUT2D eigenvalue weighted by Gasteiger charge is -2.39. The van der Waals surface area contributed by atoms with Crippen LogP contribution in [0.3, 0.4) is 0 Å². The largest absolute Gasteiger partial charge is 0.352 e. The summed E-state index contributed by atoms with van der Waals surface area (Å²) in [6.07, 6.45) is 0. The summed E-state index contributed by atoms with van der Waals surface area (Å²) in [6.45, 7) is 12.9. The third kappa shape index (κ3) is 3.29. The molecule has 0 saturated carbocycles. The molecule has 2 heterocycles. The highest BCUT2D eigenvalue weighted by molar-refractivity contribution is 8.00. The van der Waals surface area contributed by atoms with E-state index in [0.717, 1.165) is 18.1 Å². The van der Waals surface area contributed by atoms with Gasteiger partial charge in [0.2, 0.25) is 0 Å². The number of aromatic nitrogens is 1. The van der Waals surface area contributed by atoms with E-state index in [2.05, 4.69) is 63.4 Å². The predicted molar refractivity (Wildman–Crippen MR) is 89.6 cm³/mol. The molecule has 1 aromatic rings. The molecule has 0 aliphatic carbocycles. The smallest absolute Gasteiger partial charge is 0.129 e. The molecule has 0 spiro atoms. The Hall–Kier alpha value is -0.740. The molecule has 0 radical (unpaired) electrons. The van der Waals surface area contributed by atoms with Crippen LogP contribution in [0.2, 0.25) is 0 Å². The van der Waals surface area contributed by atoms with Crippen LogP contribution in [0.4, 0.5) is 5.82 Å². The van der Waals surface area contributed by atoms with E-state index in [1.165, 1.54) is 11.3 Å². The Labute approximate surface area is 127 Å². The number of hydrogen-bond acceptors (Lipinski definition) is 4. The van der Waals surface area contributed by atoms with Crippen molar-refractivity contribution in [3.8, 4) is 0 Å². The maximum absolute atomic E-state index is 5.87. The van der Waals surface area contributed by atoms with E-state index in [-0.39, 0.29) is 5.41 Å². The zero-order valence-corrected chi connectivity index (χ0v) is 14.1. The van der Waals surface area contributed by atoms with Gasteiger partial charge in [-0.3, -0.25) is 0 Å². The summed E-state index contributed by atoms with van der Waals surface area (Å²) < 4.78 is 0. The first kappa shape index (κ1) is 15.6. The molecule has 20 heavy (non-hydrogen) atoms. The summed E-state index contributed by atoms with van der Waals surface area (Å²) in [5.41, 5.74) is 8.24. The van der Waals surface area contributed by atoms with Gasteiger partial charge in [0.25, 0.3) is 0 Å². The Balaban J connectivity index is 2.40. The first-order valence-corrected chi connectivity index (χ1v) is 8.47. The van der Waals surface area contributed by atoms with Crippen LogP contribution in [0.5, 0.6) is 0 Å². The van der Waals surface area contributed by atoms with Gasteiger partial charge in [-0.1, -0.05) is 27.7 Å². The third-order valence-corrected chi connectivity index (χ3v) is 5.39. The second kappa shape index (κ2) is 5.94. The van der Waals surface area contributed by atoms with Crippen molar-refractivity contribution in [2.75, 3.05) is 17.2 Å². The second-order valence-corrected chi connectivity index (χ2v) is 8.17. The fraction of sp³-hybridized carbons (Fsp3) is 0.688. The molecule has 1 aliphatic rings. The van der Waals surface area contributed by atoms with Crippen molar-refractivity contribution in [2.45, 2.75) is 57.9 Å². The molecule has 0 aromatic carbocycles. The van der Waals surface area contributed by atoms with Crippen LogP contribution in [0, 0.1) is 0 Å². The van der Waals surface area contributed by atoms with E-state index in [1.54, 1.807) is 0 Å². The third-order valence-electron chi connectivity index (χ3n) is 4.05. The van der Waals surface area contributed by atoms with Crippen LogP contribution in [-0.2, 0) is 12.0 Å². The first-order chi connectivity index (χ1) is 9.32. The molecule has 2 N–H and O–H groups in total. The highest BCUT2D eigenvalue weighted by Crippen LogP contribution is 2.30. The fourth-order valence-electron chi connectivity index (χ4n) is 2.48. The van der Waals surface area contributed by atoms with Gasteiger partial charge in [0, 0.05) is 41.2 Å². The lowest BCUT2D eigenvalue weighted by atomic mass is 9.90. The van der Waals surface area contributed by atoms with Crippen LogP contribution < -0.4 is 10.6 Å². The van der Waals surface area contributed by atoms with Crippen molar-refractivity contribution in [2.24, 2.45) is 5.73 Å². The van der Waals surface area contributed by atoms with E-state index < -0.39 is 0 Å². The van der Waals surface area contributed by atoms with E-state index in [1.807, 2.05) is 0 Å². The van der Waals surface area contributed by atoms with E-state index in [4.69, 9.17) is 10.7 Å². The molecular formula is C16H27N3S. The topological polar surface area (TPSA) is 42.1 Å². The number of rotatable bonds is 2. The molecule has 2 atom stereocenters. The number of nitrogens with two attached hydrogens (primary N) is 1. The van der Waals surface area contributed by atoms with Gasteiger partial charge < -0.3 is 10.6 Å². The molecule has 0 bridgehead atoms. The molecule has 1 aliphatic heterocycles. The standard InChI is InChI=1S/C16H27N3S/c1-11-12(2)20-7-6-19(11)15-9-13(10-17)8-14(18-15)16(3,4)5/h8-9,11-12H,6-7,10,17H2,1-5H3. The van der Waals surface area contributed by atoms with Crippen molar-refractivity contribution >= 4 is 17.6 Å². The zero-order valence-electron chi connectivity index (χ0n) is 13.3. The van der Waals surface area contributed by atoms with Gasteiger partial charge in [-0.05, 0) is 24.6 Å². The highest BCUT2D eigenvalue weighted by atomic mass is 32.2. The Kier molecular flexibility index (Phi) is 4.65. The van der Waals surface area contributed by atoms with Gasteiger partial charge in [0.1, 0.15) is 5.82 Å². The molecule has 3 nitrogen and oxygen atoms in total. The van der Waals surface area contributed by atoms with Gasteiger partial charge in [-0.15, -0.1) is 0 Å². The maximum atomic E-state index is 5.87. The maximum Gasteiger partial charge on any atom is 0.129 e. The van der Waals surface area contributed by atoms with Crippen molar-refractivity contribution < 1.29 is 0 Å². The molecule has 1 aromatic heterocycles. The minimum Gasteiger partial charge on any atom is -0.352 e. The minimum atomic E-state index is 0.0549. The summed E-state index contributed by atoms with van der Waals surface area (Å²) >= 11 is 2.05. The van der Waals surface area contributed by atoms with Gasteiger partial charge in [-0.2, -0.15) is 11.8 Å². The first-order valence-electron chi connectivity index (χ1n) is 7.42. The van der Waals surface area contributed by atoms with E-state index in [0.29, 0.717) is 17.8 Å². The quantitative estimate of drug-likeness (QED) is 0.909. The number of thioether (sulfide) groups is 1. The van der Waals surface area contributed by atoms with E-state index >= 15 is 0 Å². The fourth-order valence-corrected chi connectivity index (χ4v) is 3.58. The van der Waals surface area contributed by atoms with Gasteiger partial charge >= 0.3 is 0 Å². The lowest BCUT2D eigenvalue weighted by molar-refractivity contribution is 0.560. The van der Waals surface area contributed by atoms with Crippen molar-refractivity contribution in [1.29, 1.82) is 0 Å². The van der Waals surface area contributed by atoms with E-state index in [9.17, 15) is 0 Å². The van der Waals surface area contributed by atoms with Crippen LogP contribution >= 0.6 is 11.8 Å². The van der Waals surface area contributed by atoms with Crippen LogP contribution in [0.15, 0.2) is 12.1 Å². The molecular weight excluding hydrogens is 266 g/mol. The molecule has 4 heteroatoms. The average Bonchev–Trinajstić information content (AvgIpc) is 2.40. The van der Waals surface area contributed by atoms with Crippen molar-refractivity contribution in [1.82, 2.24) is 4.98 Å². The van der Waals surface area contributed by atoms with Crippen molar-refractivity contribution in [3.05, 3.63) is 23.4 Å². The Bertz CT molecular complexity index is 467. The van der Waals surface area contributed by atoms with Crippen LogP contribution in [-0.4, -0.2) is 28.6 Å². The zero-order chi connectivity index (χ0) is 14.9. The Morgan fingerprint density at radius 2 is 2.05 bits per heavy atom. The number of anilines is 1. The normalized spacial score (nSPS) is 24.0. The molecule has 0 amide bonds. The monoisotopic (exact) mass is 293 g/mol. The SMILES string of the molecule is CC1SCCN(c2cc(CN)cc(C(C)(C)C)n2)C1C. The second-order valence-electron chi connectivity index (χ2n) is 6.68. The summed E-state index contributed by atoms with van der Waals surface area (Å²) in [6, 6.07) is 4.83. The molecule has 1 saturated heterocycles. The van der Waals surface area contributed by atoms with Crippen LogP contribution in [0.1, 0.15) is 45.9 Å². The molecule has 2 unspecified atom stereocenters. The van der Waals surface area contributed by atoms with Gasteiger partial charge in [0.05, 0.1) is 0 Å². The van der Waals surface area contributed by atoms with Gasteiger partial charge in [-0.25, -0.2) is 4.98 Å². The number of pyridine rings is 1. The minimum absolute atomic E-state index is 0.0549. The van der Waals surface area contributed by atoms with Crippen molar-refractivity contribution in [3.63, 3.8) is 0 Å². The summed E-state index contributed by atoms with van der Waals surface area (Å²) in [4.78, 5) is 7.36. The highest BCUT2D eigenvalue weighted by Gasteiger charge is 2.27. The number of hydrogen-bond donors (Lipinski definition) is 1. The molecule has 1 fully saturated rings. The van der Waals surface area contributed by atoms with Gasteiger partial charge in [0.15, 0.2) is 0 Å².